The molecule has 1 aromatic heterocycles. The third-order valence-corrected chi connectivity index (χ3v) is 14.2. The second-order valence-corrected chi connectivity index (χ2v) is 19.6. The average molecular weight is 684 g/mol. The van der Waals surface area contributed by atoms with Crippen molar-refractivity contribution >= 4 is 49.0 Å². The van der Waals surface area contributed by atoms with E-state index in [2.05, 4.69) is 57.3 Å². The van der Waals surface area contributed by atoms with Crippen LogP contribution in [0.1, 0.15) is 86.0 Å². The fraction of sp³-hybridized carbons (Fsp3) is 0.385. The van der Waals surface area contributed by atoms with E-state index in [0.717, 1.165) is 32.6 Å². The van der Waals surface area contributed by atoms with Crippen molar-refractivity contribution < 1.29 is 28.3 Å². The van der Waals surface area contributed by atoms with E-state index in [1.807, 2.05) is 39.0 Å². The Bertz CT molecular complexity index is 1840. The second kappa shape index (κ2) is 13.8. The number of nitrogens with one attached hydrogen (secondary N) is 2. The molecule has 0 fully saturated rings. The number of carbonyl (C=O) groups is 4. The quantitative estimate of drug-likeness (QED) is 0.0673. The minimum Gasteiger partial charge on any atom is -0.467 e. The Kier molecular flexibility index (Phi) is 10.5. The first-order chi connectivity index (χ1) is 22.7. The molecule has 49 heavy (non-hydrogen) atoms. The number of benzene rings is 2. The number of H-pyrrole nitrogens is 1. The van der Waals surface area contributed by atoms with Crippen molar-refractivity contribution in [2.24, 2.45) is 0 Å². The van der Waals surface area contributed by atoms with E-state index < -0.39 is 43.5 Å². The van der Waals surface area contributed by atoms with Crippen LogP contribution in [0.4, 0.5) is 0 Å². The lowest BCUT2D eigenvalue weighted by molar-refractivity contribution is -0.144. The van der Waals surface area contributed by atoms with E-state index in [9.17, 15) is 19.2 Å². The summed E-state index contributed by atoms with van der Waals surface area (Å²) >= 11 is 0. The van der Waals surface area contributed by atoms with Crippen LogP contribution in [0.25, 0.3) is 17.0 Å². The molecule has 0 radical (unpaired) electrons. The highest BCUT2D eigenvalue weighted by molar-refractivity contribution is 6.74. The number of amides is 3. The molecule has 0 saturated carbocycles. The zero-order valence-electron chi connectivity index (χ0n) is 30.4. The molecule has 2 atom stereocenters. The normalized spacial score (nSPS) is 15.2. The van der Waals surface area contributed by atoms with Crippen LogP contribution in [0.2, 0.25) is 18.1 Å². The Morgan fingerprint density at radius 1 is 1.04 bits per heavy atom. The summed E-state index contributed by atoms with van der Waals surface area (Å²) in [6.07, 6.45) is 3.71. The van der Waals surface area contributed by atoms with Crippen molar-refractivity contribution in [3.8, 4) is 0 Å². The Morgan fingerprint density at radius 3 is 2.14 bits per heavy atom. The smallest absolute Gasteiger partial charge is 0.328 e. The third-order valence-electron chi connectivity index (χ3n) is 9.72. The Labute approximate surface area is 290 Å². The van der Waals surface area contributed by atoms with Crippen LogP contribution >= 0.6 is 0 Å². The molecule has 260 valence electrons. The standard InChI is InChI=1S/C39H49N3O6Si/c1-13-39(8,9)33-29(28-20-25(18-19-30(28)41-33)21-32(23(2)3)48-49(11,12)38(5,6)7)22-31(34(43)40-24(4)37(46)47-10)42-35(44)26-16-14-15-17-27(26)36(42)45/h13-20,22,24,32,41H,1-2,21H2,3-12H3,(H,40,43)/b31-22+/t24-,32+/m0/s1. The van der Waals surface area contributed by atoms with E-state index in [1.54, 1.807) is 36.4 Å². The van der Waals surface area contributed by atoms with E-state index in [0.29, 0.717) is 12.0 Å². The SMILES string of the molecule is C=CC(C)(C)c1[nH]c2ccc(C[C@@H](O[Si](C)(C)C(C)(C)C)C(=C)C)cc2c1/C=C(\C(=O)N[C@@H](C)C(=O)OC)N1C(=O)c2ccccc2C1=O. The van der Waals surface area contributed by atoms with Gasteiger partial charge >= 0.3 is 5.97 Å². The number of imide groups is 1. The summed E-state index contributed by atoms with van der Waals surface area (Å²) in [4.78, 5) is 58.2. The largest absolute Gasteiger partial charge is 0.467 e. The van der Waals surface area contributed by atoms with Gasteiger partial charge in [-0.1, -0.05) is 71.0 Å². The predicted octanol–water partition coefficient (Wildman–Crippen LogP) is 7.46. The molecule has 1 aliphatic heterocycles. The number of methoxy groups -OCH3 is 1. The molecule has 0 saturated heterocycles. The van der Waals surface area contributed by atoms with Crippen LogP contribution in [-0.2, 0) is 30.6 Å². The number of fused-ring (bicyclic) bond motifs is 2. The highest BCUT2D eigenvalue weighted by Crippen LogP contribution is 2.39. The van der Waals surface area contributed by atoms with Crippen LogP contribution in [0.15, 0.2) is 73.0 Å². The molecule has 0 spiro atoms. The Morgan fingerprint density at radius 2 is 1.63 bits per heavy atom. The van der Waals surface area contributed by atoms with Gasteiger partial charge in [0.15, 0.2) is 8.32 Å². The van der Waals surface area contributed by atoms with Crippen LogP contribution in [0.5, 0.6) is 0 Å². The molecule has 9 nitrogen and oxygen atoms in total. The number of aromatic amines is 1. The minimum atomic E-state index is -2.12. The number of nitrogens with zero attached hydrogens (tertiary/aromatic N) is 1. The number of hydrogen-bond acceptors (Lipinski definition) is 6. The molecule has 0 unspecified atom stereocenters. The van der Waals surface area contributed by atoms with Gasteiger partial charge in [-0.25, -0.2) is 9.69 Å². The van der Waals surface area contributed by atoms with Gasteiger partial charge in [-0.15, -0.1) is 6.58 Å². The molecule has 3 amide bonds. The number of esters is 1. The number of carbonyl (C=O) groups excluding carboxylic acids is 4. The van der Waals surface area contributed by atoms with E-state index >= 15 is 0 Å². The summed E-state index contributed by atoms with van der Waals surface area (Å²) in [7, 11) is -0.906. The maximum Gasteiger partial charge on any atom is 0.328 e. The van der Waals surface area contributed by atoms with Gasteiger partial charge in [0.05, 0.1) is 24.3 Å². The van der Waals surface area contributed by atoms with E-state index in [-0.39, 0.29) is 28.0 Å². The fourth-order valence-corrected chi connectivity index (χ4v) is 6.84. The zero-order chi connectivity index (χ0) is 36.6. The molecule has 10 heteroatoms. The van der Waals surface area contributed by atoms with Gasteiger partial charge < -0.3 is 19.5 Å². The van der Waals surface area contributed by atoms with Crippen molar-refractivity contribution in [3.05, 3.63) is 101 Å². The molecule has 4 rings (SSSR count). The summed E-state index contributed by atoms with van der Waals surface area (Å²) in [6.45, 7) is 26.8. The number of rotatable bonds is 12. The molecular formula is C39H49N3O6Si. The van der Waals surface area contributed by atoms with Gasteiger partial charge in [0.25, 0.3) is 17.7 Å². The topological polar surface area (TPSA) is 118 Å². The van der Waals surface area contributed by atoms with Gasteiger partial charge in [-0.05, 0) is 67.9 Å². The maximum atomic E-state index is 14.0. The first-order valence-electron chi connectivity index (χ1n) is 16.4. The lowest BCUT2D eigenvalue weighted by Crippen LogP contribution is -2.44. The lowest BCUT2D eigenvalue weighted by Gasteiger charge is -2.39. The number of allylic oxidation sites excluding steroid dienone is 1. The zero-order valence-corrected chi connectivity index (χ0v) is 31.4. The average Bonchev–Trinajstić information content (AvgIpc) is 3.52. The Balaban J connectivity index is 1.93. The van der Waals surface area contributed by atoms with Gasteiger partial charge in [-0.2, -0.15) is 0 Å². The maximum absolute atomic E-state index is 14.0. The van der Waals surface area contributed by atoms with Crippen LogP contribution < -0.4 is 5.32 Å². The summed E-state index contributed by atoms with van der Waals surface area (Å²) in [5, 5.41) is 3.40. The highest BCUT2D eigenvalue weighted by Gasteiger charge is 2.41. The second-order valence-electron chi connectivity index (χ2n) is 14.9. The predicted molar refractivity (Wildman–Crippen MR) is 197 cm³/mol. The van der Waals surface area contributed by atoms with Crippen molar-refractivity contribution in [2.75, 3.05) is 7.11 Å². The molecular weight excluding hydrogens is 635 g/mol. The number of ether oxygens (including phenoxy) is 1. The molecule has 2 aromatic carbocycles. The molecule has 2 heterocycles. The van der Waals surface area contributed by atoms with E-state index in [1.165, 1.54) is 14.0 Å². The number of hydrogen-bond donors (Lipinski definition) is 2. The summed E-state index contributed by atoms with van der Waals surface area (Å²) in [5.74, 6) is -2.73. The van der Waals surface area contributed by atoms with Crippen molar-refractivity contribution in [2.45, 2.75) is 90.6 Å². The summed E-state index contributed by atoms with van der Waals surface area (Å²) < 4.78 is 11.6. The molecule has 1 aliphatic rings. The first kappa shape index (κ1) is 37.3. The van der Waals surface area contributed by atoms with Gasteiger partial charge in [-0.3, -0.25) is 14.4 Å². The van der Waals surface area contributed by atoms with Crippen molar-refractivity contribution in [1.29, 1.82) is 0 Å². The monoisotopic (exact) mass is 683 g/mol. The minimum absolute atomic E-state index is 0.0147. The van der Waals surface area contributed by atoms with Crippen molar-refractivity contribution in [1.82, 2.24) is 15.2 Å². The van der Waals surface area contributed by atoms with Crippen molar-refractivity contribution in [3.63, 3.8) is 0 Å². The van der Waals surface area contributed by atoms with Crippen LogP contribution in [0.3, 0.4) is 0 Å². The highest BCUT2D eigenvalue weighted by atomic mass is 28.4. The lowest BCUT2D eigenvalue weighted by atomic mass is 9.86. The number of aromatic nitrogens is 1. The van der Waals surface area contributed by atoms with Gasteiger partial charge in [0.2, 0.25) is 0 Å². The van der Waals surface area contributed by atoms with Crippen LogP contribution in [-0.4, -0.2) is 61.1 Å². The van der Waals surface area contributed by atoms with E-state index in [4.69, 9.17) is 9.16 Å². The first-order valence-corrected chi connectivity index (χ1v) is 19.3. The van der Waals surface area contributed by atoms with Gasteiger partial charge in [0.1, 0.15) is 11.7 Å². The Hall–Kier alpha value is -4.54. The summed E-state index contributed by atoms with van der Waals surface area (Å²) in [5.41, 5.74) is 3.58. The molecule has 0 bridgehead atoms. The van der Waals surface area contributed by atoms with Crippen LogP contribution in [0, 0.1) is 0 Å². The van der Waals surface area contributed by atoms with Gasteiger partial charge in [0, 0.05) is 34.0 Å². The summed E-state index contributed by atoms with van der Waals surface area (Å²) in [6, 6.07) is 11.4. The third kappa shape index (κ3) is 7.40. The molecule has 0 aliphatic carbocycles. The molecule has 2 N–H and O–H groups in total. The fourth-order valence-electron chi connectivity index (χ4n) is 5.49. The molecule has 3 aromatic rings.